The lowest BCUT2D eigenvalue weighted by atomic mass is 10.00. The number of rotatable bonds is 7. The Morgan fingerprint density at radius 2 is 1.89 bits per heavy atom. The van der Waals surface area contributed by atoms with E-state index >= 15 is 0 Å². The van der Waals surface area contributed by atoms with Crippen LogP contribution in [0, 0.1) is 13.8 Å². The molecule has 0 bridgehead atoms. The summed E-state index contributed by atoms with van der Waals surface area (Å²) < 4.78 is 5.44. The first kappa shape index (κ1) is 20.5. The molecule has 1 aliphatic rings. The molecule has 3 N–H and O–H groups in total. The van der Waals surface area contributed by atoms with Gasteiger partial charge < -0.3 is 15.6 Å². The third-order valence-electron chi connectivity index (χ3n) is 5.73. The largest absolute Gasteiger partial charge is 0.496 e. The van der Waals surface area contributed by atoms with E-state index < -0.39 is 0 Å². The van der Waals surface area contributed by atoms with Gasteiger partial charge in [-0.1, -0.05) is 6.07 Å². The molecule has 1 fully saturated rings. The second-order valence-electron chi connectivity index (χ2n) is 7.50. The van der Waals surface area contributed by atoms with Gasteiger partial charge in [-0.25, -0.2) is 9.97 Å². The fraction of sp³-hybridized carbons (Fsp3) is 0.524. The number of nitrogens with two attached hydrogens (primary N) is 1. The van der Waals surface area contributed by atoms with Crippen LogP contribution in [0.25, 0.3) is 0 Å². The number of anilines is 1. The van der Waals surface area contributed by atoms with Gasteiger partial charge >= 0.3 is 0 Å². The van der Waals surface area contributed by atoms with Crippen molar-refractivity contribution in [1.29, 1.82) is 0 Å². The molecule has 1 atom stereocenters. The first-order valence-corrected chi connectivity index (χ1v) is 9.78. The minimum absolute atomic E-state index is 0.195. The molecule has 28 heavy (non-hydrogen) atoms. The molecule has 0 aliphatic carbocycles. The Kier molecular flexibility index (Phi) is 6.83. The zero-order chi connectivity index (χ0) is 20.1. The highest BCUT2D eigenvalue weighted by Crippen LogP contribution is 2.26. The van der Waals surface area contributed by atoms with Crippen molar-refractivity contribution < 1.29 is 9.84 Å². The van der Waals surface area contributed by atoms with Crippen molar-refractivity contribution in [3.8, 4) is 5.75 Å². The molecular weight excluding hydrogens is 354 g/mol. The second-order valence-corrected chi connectivity index (χ2v) is 7.50. The number of benzene rings is 1. The summed E-state index contributed by atoms with van der Waals surface area (Å²) in [6.45, 7) is 9.00. The van der Waals surface area contributed by atoms with Crippen molar-refractivity contribution in [3.63, 3.8) is 0 Å². The third-order valence-corrected chi connectivity index (χ3v) is 5.73. The number of aliphatic hydroxyl groups is 1. The summed E-state index contributed by atoms with van der Waals surface area (Å²) in [4.78, 5) is 13.1. The third kappa shape index (κ3) is 4.79. The number of methoxy groups -OCH3 is 1. The predicted octanol–water partition coefficient (Wildman–Crippen LogP) is 1.75. The zero-order valence-electron chi connectivity index (χ0n) is 17.1. The van der Waals surface area contributed by atoms with Crippen LogP contribution >= 0.6 is 0 Å². The summed E-state index contributed by atoms with van der Waals surface area (Å²) in [5, 5.41) is 9.58. The highest BCUT2D eigenvalue weighted by atomic mass is 16.5. The molecule has 7 heteroatoms. The highest BCUT2D eigenvalue weighted by molar-refractivity contribution is 5.43. The fourth-order valence-corrected chi connectivity index (χ4v) is 3.90. The number of ether oxygens (including phenoxy) is 1. The van der Waals surface area contributed by atoms with Crippen LogP contribution in [0.3, 0.4) is 0 Å². The van der Waals surface area contributed by atoms with E-state index in [0.29, 0.717) is 12.0 Å². The van der Waals surface area contributed by atoms with E-state index in [0.717, 1.165) is 50.5 Å². The van der Waals surface area contributed by atoms with Crippen LogP contribution in [0.15, 0.2) is 24.5 Å². The van der Waals surface area contributed by atoms with E-state index in [2.05, 4.69) is 45.7 Å². The lowest BCUT2D eigenvalue weighted by molar-refractivity contribution is 0.0497. The Balaban J connectivity index is 1.67. The van der Waals surface area contributed by atoms with Crippen LogP contribution < -0.4 is 10.5 Å². The number of hydrogen-bond acceptors (Lipinski definition) is 7. The molecule has 2 aromatic rings. The lowest BCUT2D eigenvalue weighted by Gasteiger charge is -2.41. The quantitative estimate of drug-likeness (QED) is 0.751. The van der Waals surface area contributed by atoms with E-state index in [9.17, 15) is 5.11 Å². The van der Waals surface area contributed by atoms with E-state index in [1.54, 1.807) is 19.5 Å². The maximum absolute atomic E-state index is 9.58. The van der Waals surface area contributed by atoms with Crippen LogP contribution in [-0.2, 0) is 13.1 Å². The Bertz CT molecular complexity index is 781. The minimum atomic E-state index is 0.195. The van der Waals surface area contributed by atoms with Crippen LogP contribution in [0.1, 0.15) is 28.7 Å². The number of nitrogens with zero attached hydrogens (tertiary/aromatic N) is 4. The number of nitrogen functional groups attached to an aromatic ring is 1. The number of piperazine rings is 1. The van der Waals surface area contributed by atoms with Gasteiger partial charge in [0.15, 0.2) is 0 Å². The average molecular weight is 386 g/mol. The van der Waals surface area contributed by atoms with E-state index in [1.165, 1.54) is 16.7 Å². The zero-order valence-corrected chi connectivity index (χ0v) is 17.1. The molecule has 152 valence electrons. The Morgan fingerprint density at radius 3 is 2.57 bits per heavy atom. The normalized spacial score (nSPS) is 18.4. The molecule has 1 saturated heterocycles. The minimum Gasteiger partial charge on any atom is -0.496 e. The first-order valence-electron chi connectivity index (χ1n) is 9.78. The molecule has 7 nitrogen and oxygen atoms in total. The smallest absolute Gasteiger partial charge is 0.219 e. The van der Waals surface area contributed by atoms with Gasteiger partial charge in [-0.05, 0) is 43.0 Å². The Labute approximate surface area is 167 Å². The average Bonchev–Trinajstić information content (AvgIpc) is 2.69. The SMILES string of the molecule is COc1ccc(CN2CCN(Cc3cnc(N)nc3)CC2CCO)c(C)c1C. The van der Waals surface area contributed by atoms with Crippen molar-refractivity contribution in [2.45, 2.75) is 39.4 Å². The van der Waals surface area contributed by atoms with Crippen LogP contribution in [0.4, 0.5) is 5.95 Å². The fourth-order valence-electron chi connectivity index (χ4n) is 3.90. The molecule has 0 radical (unpaired) electrons. The summed E-state index contributed by atoms with van der Waals surface area (Å²) in [7, 11) is 1.71. The molecule has 1 aromatic carbocycles. The molecule has 1 aliphatic heterocycles. The summed E-state index contributed by atoms with van der Waals surface area (Å²) in [6.07, 6.45) is 4.35. The van der Waals surface area contributed by atoms with Crippen molar-refractivity contribution >= 4 is 5.95 Å². The second kappa shape index (κ2) is 9.32. The van der Waals surface area contributed by atoms with Crippen molar-refractivity contribution in [3.05, 3.63) is 46.8 Å². The molecule has 1 unspecified atom stereocenters. The summed E-state index contributed by atoms with van der Waals surface area (Å²) in [6, 6.07) is 4.53. The lowest BCUT2D eigenvalue weighted by Crippen LogP contribution is -2.52. The molecular formula is C21H31N5O2. The van der Waals surface area contributed by atoms with Gasteiger partial charge in [0.05, 0.1) is 7.11 Å². The Morgan fingerprint density at radius 1 is 1.14 bits per heavy atom. The molecule has 2 heterocycles. The van der Waals surface area contributed by atoms with Gasteiger partial charge in [0.1, 0.15) is 5.75 Å². The van der Waals surface area contributed by atoms with Gasteiger partial charge in [0.2, 0.25) is 5.95 Å². The van der Waals surface area contributed by atoms with Gasteiger partial charge in [-0.15, -0.1) is 0 Å². The van der Waals surface area contributed by atoms with Gasteiger partial charge in [0.25, 0.3) is 0 Å². The van der Waals surface area contributed by atoms with E-state index in [1.807, 2.05) is 0 Å². The molecule has 0 amide bonds. The van der Waals surface area contributed by atoms with Gasteiger partial charge in [0, 0.05) is 63.3 Å². The molecule has 0 saturated carbocycles. The van der Waals surface area contributed by atoms with Gasteiger partial charge in [-0.2, -0.15) is 0 Å². The van der Waals surface area contributed by atoms with Gasteiger partial charge in [-0.3, -0.25) is 9.80 Å². The molecule has 0 spiro atoms. The van der Waals surface area contributed by atoms with Crippen molar-refractivity contribution in [2.75, 3.05) is 39.1 Å². The summed E-state index contributed by atoms with van der Waals surface area (Å²) >= 11 is 0. The number of hydrogen-bond donors (Lipinski definition) is 2. The van der Waals surface area contributed by atoms with E-state index in [-0.39, 0.29) is 6.61 Å². The first-order chi connectivity index (χ1) is 13.5. The van der Waals surface area contributed by atoms with E-state index in [4.69, 9.17) is 10.5 Å². The van der Waals surface area contributed by atoms with Crippen LogP contribution in [0.2, 0.25) is 0 Å². The molecule has 3 rings (SSSR count). The maximum atomic E-state index is 9.58. The summed E-state index contributed by atoms with van der Waals surface area (Å²) in [5.41, 5.74) is 10.4. The van der Waals surface area contributed by atoms with Crippen molar-refractivity contribution in [2.24, 2.45) is 0 Å². The standard InChI is InChI=1S/C21H31N5O2/c1-15-16(2)20(28-3)5-4-18(15)13-26-8-7-25(14-19(26)6-9-27)12-17-10-23-21(22)24-11-17/h4-5,10-11,19,27H,6-9,12-14H2,1-3H3,(H2,22,23,24). The highest BCUT2D eigenvalue weighted by Gasteiger charge is 2.27. The predicted molar refractivity (Wildman–Crippen MR) is 110 cm³/mol. The number of aromatic nitrogens is 2. The maximum Gasteiger partial charge on any atom is 0.219 e. The Hall–Kier alpha value is -2.22. The number of aliphatic hydroxyl groups excluding tert-OH is 1. The van der Waals surface area contributed by atoms with Crippen LogP contribution in [-0.4, -0.2) is 64.3 Å². The summed E-state index contributed by atoms with van der Waals surface area (Å²) in [5.74, 6) is 1.24. The van der Waals surface area contributed by atoms with Crippen molar-refractivity contribution in [1.82, 2.24) is 19.8 Å². The van der Waals surface area contributed by atoms with Crippen LogP contribution in [0.5, 0.6) is 5.75 Å². The molecule has 1 aromatic heterocycles. The topological polar surface area (TPSA) is 87.7 Å². The monoisotopic (exact) mass is 385 g/mol.